The monoisotopic (exact) mass is 208 g/mol. The standard InChI is InChI=1S/C11H20N4/c1-3-14-7-9(2)13-11(14)15-5-4-10(6-12)8-15/h7,10H,3-6,8,12H2,1-2H3. The van der Waals surface area contributed by atoms with E-state index < -0.39 is 0 Å². The number of hydrogen-bond donors (Lipinski definition) is 1. The van der Waals surface area contributed by atoms with Crippen molar-refractivity contribution in [3.63, 3.8) is 0 Å². The van der Waals surface area contributed by atoms with Crippen LogP contribution in [0.2, 0.25) is 0 Å². The Bertz CT molecular complexity index is 331. The zero-order valence-corrected chi connectivity index (χ0v) is 9.61. The second-order valence-electron chi connectivity index (χ2n) is 4.30. The quantitative estimate of drug-likeness (QED) is 0.806. The molecule has 1 aliphatic heterocycles. The van der Waals surface area contributed by atoms with Gasteiger partial charge in [-0.3, -0.25) is 0 Å². The van der Waals surface area contributed by atoms with E-state index >= 15 is 0 Å². The zero-order valence-electron chi connectivity index (χ0n) is 9.61. The molecular formula is C11H20N4. The van der Waals surface area contributed by atoms with Gasteiger partial charge in [0.15, 0.2) is 0 Å². The Morgan fingerprint density at radius 2 is 2.40 bits per heavy atom. The molecule has 1 aliphatic rings. The number of anilines is 1. The molecule has 0 bridgehead atoms. The van der Waals surface area contributed by atoms with Gasteiger partial charge in [-0.2, -0.15) is 0 Å². The predicted octanol–water partition coefficient (Wildman–Crippen LogP) is 0.996. The summed E-state index contributed by atoms with van der Waals surface area (Å²) in [5.41, 5.74) is 6.80. The van der Waals surface area contributed by atoms with E-state index in [-0.39, 0.29) is 0 Å². The highest BCUT2D eigenvalue weighted by Gasteiger charge is 2.24. The highest BCUT2D eigenvalue weighted by Crippen LogP contribution is 2.22. The first-order valence-corrected chi connectivity index (χ1v) is 5.73. The molecule has 15 heavy (non-hydrogen) atoms. The molecule has 1 aromatic heterocycles. The van der Waals surface area contributed by atoms with Crippen molar-refractivity contribution in [1.29, 1.82) is 0 Å². The summed E-state index contributed by atoms with van der Waals surface area (Å²) in [5, 5.41) is 0. The van der Waals surface area contributed by atoms with Crippen molar-refractivity contribution in [1.82, 2.24) is 9.55 Å². The van der Waals surface area contributed by atoms with Crippen LogP contribution < -0.4 is 10.6 Å². The number of nitrogens with two attached hydrogens (primary N) is 1. The average Bonchev–Trinajstić information content (AvgIpc) is 2.82. The normalized spacial score (nSPS) is 21.3. The Morgan fingerprint density at radius 3 is 3.00 bits per heavy atom. The summed E-state index contributed by atoms with van der Waals surface area (Å²) in [6.45, 7) is 8.14. The first-order valence-electron chi connectivity index (χ1n) is 5.73. The van der Waals surface area contributed by atoms with Crippen LogP contribution in [0.15, 0.2) is 6.20 Å². The Labute approximate surface area is 91.1 Å². The number of aryl methyl sites for hydroxylation is 2. The van der Waals surface area contributed by atoms with Gasteiger partial charge in [-0.05, 0) is 32.7 Å². The van der Waals surface area contributed by atoms with E-state index in [1.54, 1.807) is 0 Å². The lowest BCUT2D eigenvalue weighted by atomic mass is 10.1. The molecule has 0 aliphatic carbocycles. The molecule has 1 unspecified atom stereocenters. The van der Waals surface area contributed by atoms with E-state index in [9.17, 15) is 0 Å². The van der Waals surface area contributed by atoms with Crippen LogP contribution in [-0.4, -0.2) is 29.2 Å². The number of hydrogen-bond acceptors (Lipinski definition) is 3. The fraction of sp³-hybridized carbons (Fsp3) is 0.727. The number of imidazole rings is 1. The lowest BCUT2D eigenvalue weighted by Gasteiger charge is -2.18. The summed E-state index contributed by atoms with van der Waals surface area (Å²) in [5.74, 6) is 1.76. The van der Waals surface area contributed by atoms with Gasteiger partial charge in [0.05, 0.1) is 5.69 Å². The minimum atomic E-state index is 0.646. The SMILES string of the molecule is CCn1cc(C)nc1N1CCC(CN)C1. The molecule has 4 heteroatoms. The molecule has 0 radical (unpaired) electrons. The lowest BCUT2D eigenvalue weighted by Crippen LogP contribution is -2.25. The molecule has 2 N–H and O–H groups in total. The largest absolute Gasteiger partial charge is 0.342 e. The maximum Gasteiger partial charge on any atom is 0.205 e. The van der Waals surface area contributed by atoms with Crippen molar-refractivity contribution in [3.8, 4) is 0 Å². The number of nitrogens with zero attached hydrogens (tertiary/aromatic N) is 3. The third kappa shape index (κ3) is 2.00. The van der Waals surface area contributed by atoms with Crippen molar-refractivity contribution in [2.75, 3.05) is 24.5 Å². The Morgan fingerprint density at radius 1 is 1.60 bits per heavy atom. The second kappa shape index (κ2) is 4.23. The van der Waals surface area contributed by atoms with Crippen molar-refractivity contribution in [2.24, 2.45) is 11.7 Å². The highest BCUT2D eigenvalue weighted by molar-refractivity contribution is 5.35. The van der Waals surface area contributed by atoms with E-state index in [4.69, 9.17) is 5.73 Å². The van der Waals surface area contributed by atoms with Crippen LogP contribution in [-0.2, 0) is 6.54 Å². The molecule has 1 saturated heterocycles. The fourth-order valence-corrected chi connectivity index (χ4v) is 2.23. The van der Waals surface area contributed by atoms with Gasteiger partial charge in [-0.15, -0.1) is 0 Å². The van der Waals surface area contributed by atoms with Gasteiger partial charge in [0.25, 0.3) is 0 Å². The highest BCUT2D eigenvalue weighted by atomic mass is 15.3. The lowest BCUT2D eigenvalue weighted by molar-refractivity contribution is 0.600. The van der Waals surface area contributed by atoms with E-state index in [1.807, 2.05) is 6.92 Å². The van der Waals surface area contributed by atoms with Crippen LogP contribution in [0.5, 0.6) is 0 Å². The zero-order chi connectivity index (χ0) is 10.8. The van der Waals surface area contributed by atoms with Gasteiger partial charge in [0, 0.05) is 25.8 Å². The van der Waals surface area contributed by atoms with E-state index in [1.165, 1.54) is 6.42 Å². The van der Waals surface area contributed by atoms with Crippen LogP contribution in [0.4, 0.5) is 5.95 Å². The van der Waals surface area contributed by atoms with Crippen molar-refractivity contribution in [3.05, 3.63) is 11.9 Å². The molecule has 4 nitrogen and oxygen atoms in total. The van der Waals surface area contributed by atoms with Gasteiger partial charge in [0.1, 0.15) is 0 Å². The molecule has 2 rings (SSSR count). The Kier molecular flexibility index (Phi) is 2.95. The second-order valence-corrected chi connectivity index (χ2v) is 4.30. The molecule has 0 spiro atoms. The van der Waals surface area contributed by atoms with E-state index in [0.717, 1.165) is 37.8 Å². The van der Waals surface area contributed by atoms with Crippen LogP contribution >= 0.6 is 0 Å². The van der Waals surface area contributed by atoms with Crippen LogP contribution in [0, 0.1) is 12.8 Å². The molecule has 0 amide bonds. The molecule has 84 valence electrons. The fourth-order valence-electron chi connectivity index (χ4n) is 2.23. The molecule has 2 heterocycles. The Hall–Kier alpha value is -1.03. The van der Waals surface area contributed by atoms with Crippen LogP contribution in [0.3, 0.4) is 0 Å². The molecule has 1 fully saturated rings. The maximum absolute atomic E-state index is 5.70. The van der Waals surface area contributed by atoms with E-state index in [0.29, 0.717) is 5.92 Å². The van der Waals surface area contributed by atoms with Gasteiger partial charge < -0.3 is 15.2 Å². The smallest absolute Gasteiger partial charge is 0.205 e. The van der Waals surface area contributed by atoms with Crippen LogP contribution in [0.25, 0.3) is 0 Å². The minimum absolute atomic E-state index is 0.646. The Balaban J connectivity index is 2.15. The minimum Gasteiger partial charge on any atom is -0.342 e. The summed E-state index contributed by atoms with van der Waals surface area (Å²) in [6.07, 6.45) is 3.32. The van der Waals surface area contributed by atoms with Gasteiger partial charge >= 0.3 is 0 Å². The first-order chi connectivity index (χ1) is 7.24. The molecular weight excluding hydrogens is 188 g/mol. The van der Waals surface area contributed by atoms with Gasteiger partial charge in [0.2, 0.25) is 5.95 Å². The van der Waals surface area contributed by atoms with Gasteiger partial charge in [-0.1, -0.05) is 0 Å². The van der Waals surface area contributed by atoms with Crippen molar-refractivity contribution < 1.29 is 0 Å². The maximum atomic E-state index is 5.70. The average molecular weight is 208 g/mol. The summed E-state index contributed by atoms with van der Waals surface area (Å²) in [4.78, 5) is 6.94. The molecule has 1 atom stereocenters. The van der Waals surface area contributed by atoms with Crippen molar-refractivity contribution in [2.45, 2.75) is 26.8 Å². The third-order valence-corrected chi connectivity index (χ3v) is 3.12. The summed E-state index contributed by atoms with van der Waals surface area (Å²) < 4.78 is 2.22. The van der Waals surface area contributed by atoms with Gasteiger partial charge in [-0.25, -0.2) is 4.98 Å². The third-order valence-electron chi connectivity index (χ3n) is 3.12. The number of aromatic nitrogens is 2. The topological polar surface area (TPSA) is 47.1 Å². The van der Waals surface area contributed by atoms with E-state index in [2.05, 4.69) is 27.6 Å². The first kappa shape index (κ1) is 10.5. The summed E-state index contributed by atoms with van der Waals surface area (Å²) in [6, 6.07) is 0. The summed E-state index contributed by atoms with van der Waals surface area (Å²) in [7, 11) is 0. The van der Waals surface area contributed by atoms with Crippen molar-refractivity contribution >= 4 is 5.95 Å². The molecule has 0 aromatic carbocycles. The summed E-state index contributed by atoms with van der Waals surface area (Å²) >= 11 is 0. The molecule has 1 aromatic rings. The molecule has 0 saturated carbocycles. The predicted molar refractivity (Wildman–Crippen MR) is 62.0 cm³/mol. The number of rotatable bonds is 3. The van der Waals surface area contributed by atoms with Crippen LogP contribution in [0.1, 0.15) is 19.0 Å².